The Morgan fingerprint density at radius 1 is 0.792 bits per heavy atom. The second-order valence-electron chi connectivity index (χ2n) is 5.68. The monoisotopic (exact) mass is 395 g/mol. The molecule has 0 saturated carbocycles. The van der Waals surface area contributed by atoms with Crippen LogP contribution in [0.25, 0.3) is 0 Å². The zero-order valence-electron chi connectivity index (χ0n) is 15.2. The first-order valence-corrected chi connectivity index (χ1v) is 9.06. The summed E-state index contributed by atoms with van der Waals surface area (Å²) in [5.74, 6) is 0. The molecule has 0 aliphatic carbocycles. The van der Waals surface area contributed by atoms with Gasteiger partial charge in [-0.05, 0) is 0 Å². The van der Waals surface area contributed by atoms with Crippen LogP contribution in [0.4, 0.5) is 0 Å². The van der Waals surface area contributed by atoms with Gasteiger partial charge in [-0.2, -0.15) is 0 Å². The Balaban J connectivity index is -0.0000000233. The van der Waals surface area contributed by atoms with E-state index in [-0.39, 0.29) is 24.0 Å². The Morgan fingerprint density at radius 2 is 0.917 bits per heavy atom. The molecule has 136 valence electrons. The molecule has 0 N–H and O–H groups in total. The van der Waals surface area contributed by atoms with Crippen LogP contribution < -0.4 is 5.11 Å². The van der Waals surface area contributed by atoms with E-state index in [0.717, 1.165) is 9.68 Å². The molecular formula is C15H25CrNO6Si. The van der Waals surface area contributed by atoms with Crippen LogP contribution in [-0.4, -0.2) is 47.4 Å². The van der Waals surface area contributed by atoms with Crippen molar-refractivity contribution in [1.29, 1.82) is 0 Å². The van der Waals surface area contributed by atoms with Crippen molar-refractivity contribution in [3.63, 3.8) is 0 Å². The van der Waals surface area contributed by atoms with E-state index in [4.69, 9.17) is 23.3 Å². The predicted octanol–water partition coefficient (Wildman–Crippen LogP) is 0.913. The van der Waals surface area contributed by atoms with Crippen molar-refractivity contribution in [1.82, 2.24) is 0 Å². The van der Waals surface area contributed by atoms with E-state index in [1.165, 1.54) is 0 Å². The van der Waals surface area contributed by atoms with Gasteiger partial charge < -0.3 is 9.59 Å². The molecule has 0 atom stereocenters. The molecule has 7 nitrogen and oxygen atoms in total. The van der Waals surface area contributed by atoms with Gasteiger partial charge in [0.05, 0.1) is 36.3 Å². The number of nitrogens with zero attached hydrogens (tertiary/aromatic N) is 1. The van der Waals surface area contributed by atoms with E-state index < -0.39 is 8.07 Å². The molecule has 9 heteroatoms. The fraction of sp³-hybridized carbons (Fsp3) is 0.533. The summed E-state index contributed by atoms with van der Waals surface area (Å²) >= 11 is 0. The SMILES string of the molecule is C=C(C[O-])[Si](C)(C)C.C[N+](C)(C)C.[C-]#[O+].[C-]#[O+].[C-]#[O+].[C-]#[O+].[C-]#[O+].[Cr]. The molecule has 0 aromatic carbocycles. The maximum Gasteiger partial charge on any atom is 0 e. The third kappa shape index (κ3) is 169. The molecule has 24 heavy (non-hydrogen) atoms. The summed E-state index contributed by atoms with van der Waals surface area (Å²) in [7, 11) is 7.23. The molecule has 0 saturated heterocycles. The van der Waals surface area contributed by atoms with Crippen molar-refractivity contribution in [3.8, 4) is 0 Å². The van der Waals surface area contributed by atoms with Gasteiger partial charge in [-0.25, -0.2) is 0 Å². The molecule has 0 unspecified atom stereocenters. The zero-order valence-corrected chi connectivity index (χ0v) is 17.5. The summed E-state index contributed by atoms with van der Waals surface area (Å²) in [5, 5.41) is 11.1. The van der Waals surface area contributed by atoms with Crippen LogP contribution in [0.15, 0.2) is 11.8 Å². The first-order valence-electron chi connectivity index (χ1n) is 5.56. The minimum Gasteiger partial charge on any atom is 0 e. The van der Waals surface area contributed by atoms with E-state index in [1.807, 2.05) is 0 Å². The molecule has 0 bridgehead atoms. The quantitative estimate of drug-likeness (QED) is 0.293. The van der Waals surface area contributed by atoms with Gasteiger partial charge in [0.25, 0.3) is 0 Å². The van der Waals surface area contributed by atoms with E-state index in [9.17, 15) is 5.11 Å². The summed E-state index contributed by atoms with van der Waals surface area (Å²) in [4.78, 5) is 0. The average Bonchev–Trinajstić information content (AvgIpc) is 2.53. The van der Waals surface area contributed by atoms with E-state index in [1.54, 1.807) is 0 Å². The third-order valence-corrected chi connectivity index (χ3v) is 3.50. The van der Waals surface area contributed by atoms with E-state index >= 15 is 0 Å². The summed E-state index contributed by atoms with van der Waals surface area (Å²) < 4.78 is 38.5. The summed E-state index contributed by atoms with van der Waals surface area (Å²) in [6.07, 6.45) is 0. The molecule has 0 fully saturated rings. The maximum absolute atomic E-state index is 10.2. The second kappa shape index (κ2) is 43.2. The first-order chi connectivity index (χ1) is 10.5. The second-order valence-corrected chi connectivity index (χ2v) is 10.9. The minimum atomic E-state index is -1.27. The molecule has 0 aliphatic heterocycles. The van der Waals surface area contributed by atoms with Gasteiger partial charge in [0, 0.05) is 17.4 Å². The molecule has 0 amide bonds. The fourth-order valence-electron chi connectivity index (χ4n) is 0.217. The number of rotatable bonds is 2. The molecule has 0 radical (unpaired) electrons. The van der Waals surface area contributed by atoms with Crippen LogP contribution in [-0.2, 0) is 40.6 Å². The summed E-state index contributed by atoms with van der Waals surface area (Å²) in [6.45, 7) is 32.5. The fourth-order valence-corrected chi connectivity index (χ4v) is 0.650. The smallest absolute Gasteiger partial charge is 0 e. The van der Waals surface area contributed by atoms with Gasteiger partial charge in [0.15, 0.2) is 0 Å². The first kappa shape index (κ1) is 49.5. The molecule has 0 aromatic heterocycles. The summed E-state index contributed by atoms with van der Waals surface area (Å²) in [5.41, 5.74) is 0. The van der Waals surface area contributed by atoms with Gasteiger partial charge in [0.1, 0.15) is 0 Å². The van der Waals surface area contributed by atoms with E-state index in [0.29, 0.717) is 0 Å². The van der Waals surface area contributed by atoms with Gasteiger partial charge in [0.2, 0.25) is 0 Å². The number of quaternary nitrogens is 1. The van der Waals surface area contributed by atoms with Crippen LogP contribution >= 0.6 is 0 Å². The Bertz CT molecular complexity index is 294. The van der Waals surface area contributed by atoms with Crippen molar-refractivity contribution >= 4 is 8.07 Å². The van der Waals surface area contributed by atoms with Gasteiger partial charge in [-0.15, -0.1) is 18.4 Å². The van der Waals surface area contributed by atoms with Crippen LogP contribution in [0, 0.1) is 33.3 Å². The maximum atomic E-state index is 10.2. The minimum absolute atomic E-state index is 0. The number of hydrogen-bond acceptors (Lipinski definition) is 1. The largest absolute Gasteiger partial charge is 0 e. The van der Waals surface area contributed by atoms with Crippen molar-refractivity contribution in [2.24, 2.45) is 0 Å². The molecule has 0 rings (SSSR count). The Hall–Kier alpha value is -0.891. The van der Waals surface area contributed by atoms with Crippen molar-refractivity contribution in [2.75, 3.05) is 34.8 Å². The Labute approximate surface area is 158 Å². The van der Waals surface area contributed by atoms with Crippen molar-refractivity contribution in [2.45, 2.75) is 19.6 Å². The van der Waals surface area contributed by atoms with Gasteiger partial charge >= 0.3 is 56.5 Å². The van der Waals surface area contributed by atoms with Crippen LogP contribution in [0.1, 0.15) is 0 Å². The van der Waals surface area contributed by atoms with Gasteiger partial charge in [-0.3, -0.25) is 0 Å². The predicted molar refractivity (Wildman–Crippen MR) is 81.0 cm³/mol. The molecular weight excluding hydrogens is 370 g/mol. The standard InChI is InChI=1S/C6H13OSi.C4H12N.5CO.Cr/c1-6(5-7)8(2,3)4;1-5(2,3)4;5*1-2;/h1,5H2,2-4H3;1-4H3;;;;;;/q-1;+1;;;;;;. The topological polar surface area (TPSA) is 123 Å². The molecule has 0 aliphatic rings. The summed E-state index contributed by atoms with van der Waals surface area (Å²) in [6, 6.07) is 0. The molecule has 0 heterocycles. The van der Waals surface area contributed by atoms with E-state index in [2.05, 4.69) is 87.7 Å². The zero-order chi connectivity index (χ0) is 21.3. The van der Waals surface area contributed by atoms with Crippen LogP contribution in [0.3, 0.4) is 0 Å². The van der Waals surface area contributed by atoms with Crippen LogP contribution in [0.5, 0.6) is 0 Å². The Morgan fingerprint density at radius 3 is 0.917 bits per heavy atom. The average molecular weight is 395 g/mol. The van der Waals surface area contributed by atoms with Gasteiger partial charge in [-0.1, -0.05) is 19.6 Å². The number of hydrogen-bond donors (Lipinski definition) is 0. The van der Waals surface area contributed by atoms with Crippen LogP contribution in [0.2, 0.25) is 19.6 Å². The molecule has 0 spiro atoms. The normalized spacial score (nSPS) is 6.75. The van der Waals surface area contributed by atoms with Crippen molar-refractivity contribution in [3.05, 3.63) is 45.0 Å². The van der Waals surface area contributed by atoms with Crippen molar-refractivity contribution < 1.29 is 50.2 Å². The Kier molecular flexibility index (Phi) is 89.0. The molecule has 0 aromatic rings. The third-order valence-electron chi connectivity index (χ3n) is 1.23.